The van der Waals surface area contributed by atoms with Crippen LogP contribution in [0, 0.1) is 22.0 Å². The molecule has 0 saturated heterocycles. The number of nitro groups is 1. The average Bonchev–Trinajstić information content (AvgIpc) is 3.13. The van der Waals surface area contributed by atoms with E-state index in [1.54, 1.807) is 0 Å². The number of nitrogens with two attached hydrogens (primary N) is 1. The van der Waals surface area contributed by atoms with Gasteiger partial charge in [-0.2, -0.15) is 0 Å². The van der Waals surface area contributed by atoms with Gasteiger partial charge in [0.25, 0.3) is 5.69 Å². The van der Waals surface area contributed by atoms with Gasteiger partial charge >= 0.3 is 0 Å². The number of sulfonamides is 1. The Morgan fingerprint density at radius 2 is 2.14 bits per heavy atom. The van der Waals surface area contributed by atoms with Crippen molar-refractivity contribution in [2.45, 2.75) is 18.2 Å². The predicted molar refractivity (Wildman–Crippen MR) is 78.0 cm³/mol. The molecule has 1 fully saturated rings. The van der Waals surface area contributed by atoms with E-state index in [1.807, 2.05) is 0 Å². The predicted octanol–water partition coefficient (Wildman–Crippen LogP) is 1.16. The Balaban J connectivity index is 2.37. The molecule has 1 aromatic rings. The van der Waals surface area contributed by atoms with Gasteiger partial charge in [0, 0.05) is 25.7 Å². The second-order valence-corrected chi connectivity index (χ2v) is 7.35. The molecule has 3 N–H and O–H groups in total. The molecule has 1 aromatic carbocycles. The first-order valence-electron chi connectivity index (χ1n) is 6.48. The minimum absolute atomic E-state index is 0.135. The summed E-state index contributed by atoms with van der Waals surface area (Å²) >= 11 is 0. The van der Waals surface area contributed by atoms with Crippen molar-refractivity contribution in [1.29, 1.82) is 0 Å². The first-order valence-corrected chi connectivity index (χ1v) is 7.92. The number of rotatable bonds is 6. The van der Waals surface area contributed by atoms with Crippen molar-refractivity contribution in [1.82, 2.24) is 4.31 Å². The topological polar surface area (TPSA) is 119 Å². The van der Waals surface area contributed by atoms with E-state index in [-0.39, 0.29) is 16.3 Å². The van der Waals surface area contributed by atoms with Crippen LogP contribution in [0.5, 0.6) is 0 Å². The van der Waals surface area contributed by atoms with E-state index in [4.69, 9.17) is 5.84 Å². The molecule has 21 heavy (non-hydrogen) atoms. The highest BCUT2D eigenvalue weighted by atomic mass is 32.2. The van der Waals surface area contributed by atoms with Gasteiger partial charge in [-0.3, -0.25) is 16.0 Å². The number of hydrazine groups is 1. The van der Waals surface area contributed by atoms with Crippen LogP contribution in [0.3, 0.4) is 0 Å². The lowest BCUT2D eigenvalue weighted by atomic mass is 10.3. The fourth-order valence-electron chi connectivity index (χ4n) is 2.21. The van der Waals surface area contributed by atoms with Gasteiger partial charge < -0.3 is 5.43 Å². The lowest BCUT2D eigenvalue weighted by Gasteiger charge is -2.19. The highest BCUT2D eigenvalue weighted by Gasteiger charge is 2.37. The summed E-state index contributed by atoms with van der Waals surface area (Å²) in [6, 6.07) is 3.52. The second kappa shape index (κ2) is 5.58. The van der Waals surface area contributed by atoms with E-state index < -0.39 is 14.9 Å². The maximum absolute atomic E-state index is 12.6. The van der Waals surface area contributed by atoms with Crippen molar-refractivity contribution >= 4 is 21.4 Å². The van der Waals surface area contributed by atoms with Gasteiger partial charge in [-0.1, -0.05) is 6.92 Å². The van der Waals surface area contributed by atoms with E-state index in [9.17, 15) is 18.5 Å². The van der Waals surface area contributed by atoms with E-state index in [1.165, 1.54) is 23.5 Å². The molecule has 0 spiro atoms. The van der Waals surface area contributed by atoms with Crippen LogP contribution in [-0.4, -0.2) is 31.2 Å². The van der Waals surface area contributed by atoms with Gasteiger partial charge in [0.05, 0.1) is 10.6 Å². The molecule has 2 atom stereocenters. The van der Waals surface area contributed by atoms with Gasteiger partial charge in [0.15, 0.2) is 0 Å². The standard InChI is InChI=1S/C12H18N4O4S/c1-8-5-9(8)7-15(2)21(19,20)12-6-10(16(17)18)3-4-11(12)14-13/h3-4,6,8-9,14H,5,7,13H2,1-2H3. The largest absolute Gasteiger partial charge is 0.323 e. The molecular formula is C12H18N4O4S. The van der Waals surface area contributed by atoms with Gasteiger partial charge in [-0.15, -0.1) is 0 Å². The zero-order valence-electron chi connectivity index (χ0n) is 11.8. The Labute approximate surface area is 123 Å². The molecule has 0 amide bonds. The zero-order chi connectivity index (χ0) is 15.8. The summed E-state index contributed by atoms with van der Waals surface area (Å²) in [5.74, 6) is 6.17. The van der Waals surface area contributed by atoms with Crippen LogP contribution in [0.15, 0.2) is 23.1 Å². The molecule has 0 heterocycles. The molecule has 0 bridgehead atoms. The second-order valence-electron chi connectivity index (χ2n) is 5.34. The quantitative estimate of drug-likeness (QED) is 0.462. The molecule has 2 rings (SSSR count). The van der Waals surface area contributed by atoms with Crippen LogP contribution in [0.1, 0.15) is 13.3 Å². The highest BCUT2D eigenvalue weighted by Crippen LogP contribution is 2.39. The van der Waals surface area contributed by atoms with Crippen molar-refractivity contribution in [3.05, 3.63) is 28.3 Å². The number of anilines is 1. The molecule has 0 aliphatic heterocycles. The van der Waals surface area contributed by atoms with E-state index >= 15 is 0 Å². The highest BCUT2D eigenvalue weighted by molar-refractivity contribution is 7.89. The van der Waals surface area contributed by atoms with Crippen molar-refractivity contribution in [3.8, 4) is 0 Å². The lowest BCUT2D eigenvalue weighted by Crippen LogP contribution is -2.30. The molecule has 9 heteroatoms. The van der Waals surface area contributed by atoms with Crippen molar-refractivity contribution < 1.29 is 13.3 Å². The summed E-state index contributed by atoms with van der Waals surface area (Å²) in [4.78, 5) is 10.0. The van der Waals surface area contributed by atoms with Crippen molar-refractivity contribution in [3.63, 3.8) is 0 Å². The normalized spacial score (nSPS) is 21.3. The average molecular weight is 314 g/mol. The SMILES string of the molecule is CC1CC1CN(C)S(=O)(=O)c1cc([N+](=O)[O-])ccc1NN. The lowest BCUT2D eigenvalue weighted by molar-refractivity contribution is -0.385. The maximum Gasteiger partial charge on any atom is 0.270 e. The number of hydrogen-bond acceptors (Lipinski definition) is 6. The third kappa shape index (κ3) is 3.14. The Morgan fingerprint density at radius 1 is 1.52 bits per heavy atom. The molecule has 0 radical (unpaired) electrons. The fraction of sp³-hybridized carbons (Fsp3) is 0.500. The van der Waals surface area contributed by atoms with E-state index in [2.05, 4.69) is 12.3 Å². The number of nitrogens with zero attached hydrogens (tertiary/aromatic N) is 2. The van der Waals surface area contributed by atoms with Gasteiger partial charge in [-0.25, -0.2) is 12.7 Å². The number of benzene rings is 1. The number of non-ortho nitro benzene ring substituents is 1. The molecule has 116 valence electrons. The third-order valence-electron chi connectivity index (χ3n) is 3.79. The molecule has 1 aliphatic rings. The zero-order valence-corrected chi connectivity index (χ0v) is 12.6. The number of nitro benzene ring substituents is 1. The number of hydrogen-bond donors (Lipinski definition) is 2. The number of nitrogens with one attached hydrogen (secondary N) is 1. The Kier molecular flexibility index (Phi) is 4.17. The number of nitrogen functional groups attached to an aromatic ring is 1. The maximum atomic E-state index is 12.6. The smallest absolute Gasteiger partial charge is 0.270 e. The van der Waals surface area contributed by atoms with Crippen LogP contribution in [0.4, 0.5) is 11.4 Å². The molecule has 8 nitrogen and oxygen atoms in total. The fourth-order valence-corrected chi connectivity index (χ4v) is 3.61. The third-order valence-corrected chi connectivity index (χ3v) is 5.65. The Morgan fingerprint density at radius 3 is 2.62 bits per heavy atom. The minimum atomic E-state index is -3.83. The van der Waals surface area contributed by atoms with Gasteiger partial charge in [0.1, 0.15) is 4.90 Å². The summed E-state index contributed by atoms with van der Waals surface area (Å²) < 4.78 is 26.4. The van der Waals surface area contributed by atoms with Crippen LogP contribution < -0.4 is 11.3 Å². The van der Waals surface area contributed by atoms with Crippen LogP contribution in [0.2, 0.25) is 0 Å². The summed E-state index contributed by atoms with van der Waals surface area (Å²) in [6.45, 7) is 2.46. The van der Waals surface area contributed by atoms with E-state index in [0.29, 0.717) is 18.4 Å². The van der Waals surface area contributed by atoms with E-state index in [0.717, 1.165) is 12.5 Å². The molecule has 1 aliphatic carbocycles. The minimum Gasteiger partial charge on any atom is -0.323 e. The summed E-state index contributed by atoms with van der Waals surface area (Å²) in [7, 11) is -2.36. The van der Waals surface area contributed by atoms with Gasteiger partial charge in [0.2, 0.25) is 10.0 Å². The van der Waals surface area contributed by atoms with Crippen molar-refractivity contribution in [2.24, 2.45) is 17.7 Å². The van der Waals surface area contributed by atoms with Crippen molar-refractivity contribution in [2.75, 3.05) is 19.0 Å². The van der Waals surface area contributed by atoms with Crippen LogP contribution in [0.25, 0.3) is 0 Å². The summed E-state index contributed by atoms with van der Waals surface area (Å²) in [6.07, 6.45) is 0.997. The van der Waals surface area contributed by atoms with Gasteiger partial charge in [-0.05, 0) is 24.3 Å². The Hall–Kier alpha value is -1.71. The monoisotopic (exact) mass is 314 g/mol. The Bertz CT molecular complexity index is 661. The molecule has 2 unspecified atom stereocenters. The molecule has 0 aromatic heterocycles. The van der Waals surface area contributed by atoms with Crippen LogP contribution in [-0.2, 0) is 10.0 Å². The first-order chi connectivity index (χ1) is 9.77. The molecule has 1 saturated carbocycles. The summed E-state index contributed by atoms with van der Waals surface area (Å²) in [5.41, 5.74) is 2.12. The van der Waals surface area contributed by atoms with Crippen LogP contribution >= 0.6 is 0 Å². The molecular weight excluding hydrogens is 296 g/mol. The summed E-state index contributed by atoms with van der Waals surface area (Å²) in [5, 5.41) is 10.8. The first kappa shape index (κ1) is 15.7.